The fraction of sp³-hybridized carbons (Fsp3) is 0.194. The SMILES string of the molecule is CC(=O)OC1(COC(=O)c2ccccc2)O[C@H](COC(=O)c2ccccc2)[C@@H](OC(=O)c2ccccc2)[C@@H]1OC(=O)c1ccccc1. The van der Waals surface area contributed by atoms with Crippen molar-refractivity contribution < 1.29 is 52.4 Å². The monoisotopic (exact) mass is 638 g/mol. The molecule has 11 nitrogen and oxygen atoms in total. The van der Waals surface area contributed by atoms with Gasteiger partial charge < -0.3 is 28.4 Å². The summed E-state index contributed by atoms with van der Waals surface area (Å²) in [4.78, 5) is 65.2. The number of carbonyl (C=O) groups is 5. The largest absolute Gasteiger partial charge is 0.459 e. The van der Waals surface area contributed by atoms with E-state index in [4.69, 9.17) is 28.4 Å². The van der Waals surface area contributed by atoms with Gasteiger partial charge in [-0.1, -0.05) is 72.8 Å². The fourth-order valence-corrected chi connectivity index (χ4v) is 4.89. The zero-order chi connectivity index (χ0) is 33.2. The van der Waals surface area contributed by atoms with Crippen LogP contribution in [0.3, 0.4) is 0 Å². The summed E-state index contributed by atoms with van der Waals surface area (Å²) in [5, 5.41) is 0. The maximum absolute atomic E-state index is 13.4. The lowest BCUT2D eigenvalue weighted by molar-refractivity contribution is -0.262. The third-order valence-corrected chi connectivity index (χ3v) is 7.06. The third-order valence-electron chi connectivity index (χ3n) is 7.06. The minimum absolute atomic E-state index is 0.123. The molecule has 0 saturated carbocycles. The molecule has 11 heteroatoms. The van der Waals surface area contributed by atoms with E-state index in [9.17, 15) is 24.0 Å². The molecule has 5 rings (SSSR count). The topological polar surface area (TPSA) is 141 Å². The summed E-state index contributed by atoms with van der Waals surface area (Å²) in [6.07, 6.45) is -4.58. The van der Waals surface area contributed by atoms with Gasteiger partial charge in [-0.05, 0) is 48.5 Å². The van der Waals surface area contributed by atoms with Crippen LogP contribution in [0, 0.1) is 0 Å². The molecule has 1 fully saturated rings. The van der Waals surface area contributed by atoms with E-state index >= 15 is 0 Å². The minimum atomic E-state index is -2.33. The predicted molar refractivity (Wildman–Crippen MR) is 164 cm³/mol. The first kappa shape index (κ1) is 32.6. The van der Waals surface area contributed by atoms with Crippen molar-refractivity contribution in [2.75, 3.05) is 13.2 Å². The Labute approximate surface area is 269 Å². The van der Waals surface area contributed by atoms with Gasteiger partial charge in [0.25, 0.3) is 5.79 Å². The number of esters is 5. The molecule has 0 N–H and O–H groups in total. The summed E-state index contributed by atoms with van der Waals surface area (Å²) in [6, 6.07) is 32.0. The van der Waals surface area contributed by atoms with E-state index in [0.717, 1.165) is 6.92 Å². The Kier molecular flexibility index (Phi) is 10.4. The highest BCUT2D eigenvalue weighted by molar-refractivity contribution is 5.91. The Morgan fingerprint density at radius 1 is 0.574 bits per heavy atom. The Morgan fingerprint density at radius 3 is 1.43 bits per heavy atom. The highest BCUT2D eigenvalue weighted by Gasteiger charge is 2.63. The van der Waals surface area contributed by atoms with Crippen LogP contribution < -0.4 is 0 Å². The summed E-state index contributed by atoms with van der Waals surface area (Å²) in [5.74, 6) is -6.46. The van der Waals surface area contributed by atoms with Crippen LogP contribution in [0.5, 0.6) is 0 Å². The van der Waals surface area contributed by atoms with E-state index < -0.39 is 67.2 Å². The molecule has 0 aliphatic carbocycles. The van der Waals surface area contributed by atoms with E-state index in [2.05, 4.69) is 0 Å². The first-order valence-electron chi connectivity index (χ1n) is 14.6. The molecule has 240 valence electrons. The number of benzene rings is 4. The second-order valence-electron chi connectivity index (χ2n) is 10.4. The van der Waals surface area contributed by atoms with Gasteiger partial charge in [0.1, 0.15) is 12.7 Å². The quantitative estimate of drug-likeness (QED) is 0.165. The van der Waals surface area contributed by atoms with Gasteiger partial charge in [-0.25, -0.2) is 19.2 Å². The van der Waals surface area contributed by atoms with Gasteiger partial charge in [-0.2, -0.15) is 0 Å². The highest BCUT2D eigenvalue weighted by atomic mass is 16.8. The smallest absolute Gasteiger partial charge is 0.338 e. The van der Waals surface area contributed by atoms with Gasteiger partial charge in [-0.15, -0.1) is 0 Å². The lowest BCUT2D eigenvalue weighted by Gasteiger charge is -2.33. The maximum Gasteiger partial charge on any atom is 0.338 e. The fourth-order valence-electron chi connectivity index (χ4n) is 4.89. The van der Waals surface area contributed by atoms with Crippen molar-refractivity contribution >= 4 is 29.8 Å². The van der Waals surface area contributed by atoms with Crippen LogP contribution >= 0.6 is 0 Å². The Morgan fingerprint density at radius 2 is 0.979 bits per heavy atom. The molecule has 4 aromatic carbocycles. The summed E-state index contributed by atoms with van der Waals surface area (Å²) in [5.41, 5.74) is 0.693. The number of rotatable bonds is 11. The average Bonchev–Trinajstić information content (AvgIpc) is 3.37. The second-order valence-corrected chi connectivity index (χ2v) is 10.4. The van der Waals surface area contributed by atoms with Crippen molar-refractivity contribution in [1.29, 1.82) is 0 Å². The normalized spacial score (nSPS) is 20.0. The van der Waals surface area contributed by atoms with E-state index in [1.165, 1.54) is 36.4 Å². The molecule has 1 aliphatic heterocycles. The number of hydrogen-bond donors (Lipinski definition) is 0. The second kappa shape index (κ2) is 15.0. The van der Waals surface area contributed by atoms with Crippen LogP contribution in [-0.2, 0) is 33.2 Å². The molecule has 1 saturated heterocycles. The molecule has 1 aliphatic rings. The van der Waals surface area contributed by atoms with Gasteiger partial charge >= 0.3 is 29.8 Å². The molecule has 0 spiro atoms. The van der Waals surface area contributed by atoms with Gasteiger partial charge in [-0.3, -0.25) is 4.79 Å². The van der Waals surface area contributed by atoms with Crippen molar-refractivity contribution in [1.82, 2.24) is 0 Å². The van der Waals surface area contributed by atoms with Gasteiger partial charge in [0.05, 0.1) is 22.3 Å². The maximum atomic E-state index is 13.4. The van der Waals surface area contributed by atoms with Gasteiger partial charge in [0.15, 0.2) is 12.7 Å². The molecule has 0 radical (unpaired) electrons. The molecular formula is C36H30O11. The Bertz CT molecular complexity index is 1690. The average molecular weight is 639 g/mol. The highest BCUT2D eigenvalue weighted by Crippen LogP contribution is 2.39. The summed E-state index contributed by atoms with van der Waals surface area (Å²) in [6.45, 7) is -0.237. The van der Waals surface area contributed by atoms with Crippen molar-refractivity contribution in [3.63, 3.8) is 0 Å². The summed E-state index contributed by atoms with van der Waals surface area (Å²) >= 11 is 0. The Hall–Kier alpha value is -5.81. The molecule has 0 bridgehead atoms. The first-order valence-corrected chi connectivity index (χ1v) is 14.6. The summed E-state index contributed by atoms with van der Waals surface area (Å²) < 4.78 is 34.6. The van der Waals surface area contributed by atoms with Crippen LogP contribution in [0.4, 0.5) is 0 Å². The number of ether oxygens (including phenoxy) is 6. The van der Waals surface area contributed by atoms with E-state index in [-0.39, 0.29) is 22.3 Å². The first-order chi connectivity index (χ1) is 22.8. The molecule has 4 aromatic rings. The van der Waals surface area contributed by atoms with Crippen molar-refractivity contribution in [3.8, 4) is 0 Å². The Balaban J connectivity index is 1.52. The lowest BCUT2D eigenvalue weighted by Crippen LogP contribution is -2.53. The molecule has 1 unspecified atom stereocenters. The van der Waals surface area contributed by atoms with E-state index in [1.54, 1.807) is 84.9 Å². The molecule has 0 aromatic heterocycles. The zero-order valence-corrected chi connectivity index (χ0v) is 25.2. The zero-order valence-electron chi connectivity index (χ0n) is 25.2. The molecule has 47 heavy (non-hydrogen) atoms. The number of hydrogen-bond acceptors (Lipinski definition) is 11. The van der Waals surface area contributed by atoms with E-state index in [0.29, 0.717) is 0 Å². The molecule has 0 amide bonds. The van der Waals surface area contributed by atoms with Crippen LogP contribution in [-0.4, -0.2) is 67.2 Å². The minimum Gasteiger partial charge on any atom is -0.459 e. The van der Waals surface area contributed by atoms with Crippen molar-refractivity contribution in [3.05, 3.63) is 144 Å². The third kappa shape index (κ3) is 8.08. The van der Waals surface area contributed by atoms with Gasteiger partial charge in [0.2, 0.25) is 6.10 Å². The predicted octanol–water partition coefficient (Wildman–Crippen LogP) is 4.81. The molecule has 1 heterocycles. The van der Waals surface area contributed by atoms with Crippen LogP contribution in [0.25, 0.3) is 0 Å². The van der Waals surface area contributed by atoms with Crippen molar-refractivity contribution in [2.24, 2.45) is 0 Å². The van der Waals surface area contributed by atoms with Crippen molar-refractivity contribution in [2.45, 2.75) is 31.0 Å². The lowest BCUT2D eigenvalue weighted by atomic mass is 10.0. The molecule has 4 atom stereocenters. The van der Waals surface area contributed by atoms with Crippen LogP contribution in [0.2, 0.25) is 0 Å². The summed E-state index contributed by atoms with van der Waals surface area (Å²) in [7, 11) is 0. The number of carbonyl (C=O) groups excluding carboxylic acids is 5. The van der Waals surface area contributed by atoms with Crippen LogP contribution in [0.15, 0.2) is 121 Å². The van der Waals surface area contributed by atoms with Gasteiger partial charge in [0, 0.05) is 6.92 Å². The standard InChI is InChI=1S/C36H30O11/c1-24(37)46-36(23-43-33(39)26-16-8-3-9-17-26)31(45-35(41)28-20-12-5-13-21-28)30(44-34(40)27-18-10-4-11-19-27)29(47-36)22-42-32(38)25-14-6-2-7-15-25/h2-21,29-31H,22-23H2,1H3/t29-,30-,31+,36?/m1/s1. The van der Waals surface area contributed by atoms with E-state index in [1.807, 2.05) is 0 Å². The molecular weight excluding hydrogens is 608 g/mol. The van der Waals surface area contributed by atoms with Crippen LogP contribution in [0.1, 0.15) is 48.4 Å².